The third kappa shape index (κ3) is 3.56. The summed E-state index contributed by atoms with van der Waals surface area (Å²) in [7, 11) is 0. The highest BCUT2D eigenvalue weighted by atomic mass is 79.9. The van der Waals surface area contributed by atoms with Gasteiger partial charge in [-0.2, -0.15) is 0 Å². The van der Waals surface area contributed by atoms with Crippen LogP contribution >= 0.6 is 15.9 Å². The number of aromatic nitrogens is 3. The zero-order chi connectivity index (χ0) is 12.1. The van der Waals surface area contributed by atoms with E-state index < -0.39 is 0 Å². The van der Waals surface area contributed by atoms with Crippen LogP contribution < -0.4 is 5.32 Å². The first-order chi connectivity index (χ1) is 8.25. The van der Waals surface area contributed by atoms with Gasteiger partial charge in [0.1, 0.15) is 11.6 Å². The van der Waals surface area contributed by atoms with E-state index in [1.165, 1.54) is 0 Å². The number of aryl methyl sites for hydroxylation is 2. The number of rotatable bonds is 5. The molecule has 90 valence electrons. The van der Waals surface area contributed by atoms with Crippen LogP contribution in [0.1, 0.15) is 17.9 Å². The van der Waals surface area contributed by atoms with Gasteiger partial charge in [-0.15, -0.1) is 0 Å². The van der Waals surface area contributed by atoms with E-state index in [-0.39, 0.29) is 0 Å². The molecule has 0 unspecified atom stereocenters. The molecular weight excluding hydrogens is 280 g/mol. The second-order valence-corrected chi connectivity index (χ2v) is 4.68. The van der Waals surface area contributed by atoms with Crippen LogP contribution in [-0.2, 0) is 6.42 Å². The van der Waals surface area contributed by atoms with Gasteiger partial charge < -0.3 is 10.3 Å². The van der Waals surface area contributed by atoms with Crippen LogP contribution in [0.3, 0.4) is 0 Å². The number of pyridine rings is 1. The molecule has 2 aromatic heterocycles. The Balaban J connectivity index is 1.76. The van der Waals surface area contributed by atoms with E-state index in [2.05, 4.69) is 36.2 Å². The molecular formula is C12H15BrN4. The van der Waals surface area contributed by atoms with Gasteiger partial charge in [0.25, 0.3) is 0 Å². The zero-order valence-electron chi connectivity index (χ0n) is 9.70. The van der Waals surface area contributed by atoms with Crippen molar-refractivity contribution in [3.8, 4) is 0 Å². The molecule has 5 heteroatoms. The largest absolute Gasteiger partial charge is 0.370 e. The molecule has 0 spiro atoms. The zero-order valence-corrected chi connectivity index (χ0v) is 11.3. The summed E-state index contributed by atoms with van der Waals surface area (Å²) in [5, 5.41) is 3.30. The van der Waals surface area contributed by atoms with Crippen molar-refractivity contribution in [3.05, 3.63) is 40.5 Å². The summed E-state index contributed by atoms with van der Waals surface area (Å²) in [6.07, 6.45) is 5.62. The lowest BCUT2D eigenvalue weighted by atomic mass is 10.3. The Labute approximate surface area is 109 Å². The Morgan fingerprint density at radius 3 is 3.00 bits per heavy atom. The van der Waals surface area contributed by atoms with E-state index in [4.69, 9.17) is 0 Å². The van der Waals surface area contributed by atoms with Crippen molar-refractivity contribution in [1.82, 2.24) is 15.0 Å². The van der Waals surface area contributed by atoms with Crippen LogP contribution in [-0.4, -0.2) is 21.5 Å². The van der Waals surface area contributed by atoms with E-state index in [9.17, 15) is 0 Å². The molecule has 0 saturated carbocycles. The van der Waals surface area contributed by atoms with Crippen molar-refractivity contribution in [2.75, 3.05) is 11.9 Å². The Kier molecular flexibility index (Phi) is 4.14. The number of anilines is 1. The fourth-order valence-corrected chi connectivity index (χ4v) is 1.77. The van der Waals surface area contributed by atoms with Crippen LogP contribution in [0.2, 0.25) is 0 Å². The molecule has 0 atom stereocenters. The molecule has 0 saturated heterocycles. The van der Waals surface area contributed by atoms with Gasteiger partial charge in [0.2, 0.25) is 0 Å². The average Bonchev–Trinajstić information content (AvgIpc) is 2.82. The molecule has 4 nitrogen and oxygen atoms in total. The highest BCUT2D eigenvalue weighted by Gasteiger charge is 1.99. The van der Waals surface area contributed by atoms with Crippen molar-refractivity contribution in [1.29, 1.82) is 0 Å². The summed E-state index contributed by atoms with van der Waals surface area (Å²) in [5.41, 5.74) is 1.00. The van der Waals surface area contributed by atoms with Crippen LogP contribution in [0.5, 0.6) is 0 Å². The minimum atomic E-state index is 0.898. The van der Waals surface area contributed by atoms with Crippen molar-refractivity contribution >= 4 is 21.7 Å². The molecule has 17 heavy (non-hydrogen) atoms. The van der Waals surface area contributed by atoms with Gasteiger partial charge >= 0.3 is 0 Å². The topological polar surface area (TPSA) is 53.6 Å². The molecule has 2 aromatic rings. The van der Waals surface area contributed by atoms with E-state index in [0.29, 0.717) is 0 Å². The number of H-pyrrole nitrogens is 1. The number of imidazole rings is 1. The van der Waals surface area contributed by atoms with Crippen molar-refractivity contribution in [3.63, 3.8) is 0 Å². The monoisotopic (exact) mass is 294 g/mol. The van der Waals surface area contributed by atoms with Crippen LogP contribution in [0.15, 0.2) is 29.0 Å². The maximum Gasteiger partial charge on any atom is 0.126 e. The first-order valence-electron chi connectivity index (χ1n) is 5.61. The third-order valence-corrected chi connectivity index (χ3v) is 3.31. The lowest BCUT2D eigenvalue weighted by Crippen LogP contribution is -2.05. The van der Waals surface area contributed by atoms with Gasteiger partial charge in [-0.1, -0.05) is 0 Å². The minimum Gasteiger partial charge on any atom is -0.370 e. The lowest BCUT2D eigenvalue weighted by molar-refractivity contribution is 0.813. The number of hydrogen-bond acceptors (Lipinski definition) is 3. The van der Waals surface area contributed by atoms with Gasteiger partial charge in [-0.3, -0.25) is 0 Å². The minimum absolute atomic E-state index is 0.898. The molecule has 0 aromatic carbocycles. The number of nitrogens with zero attached hydrogens (tertiary/aromatic N) is 2. The van der Waals surface area contributed by atoms with Crippen LogP contribution in [0.25, 0.3) is 0 Å². The number of hydrogen-bond donors (Lipinski definition) is 2. The first kappa shape index (κ1) is 12.1. The summed E-state index contributed by atoms with van der Waals surface area (Å²) < 4.78 is 1.04. The Morgan fingerprint density at radius 2 is 2.29 bits per heavy atom. The molecule has 2 rings (SSSR count). The molecule has 0 radical (unpaired) electrons. The summed E-state index contributed by atoms with van der Waals surface area (Å²) in [6, 6.07) is 3.99. The Hall–Kier alpha value is -1.36. The molecule has 0 aliphatic rings. The van der Waals surface area contributed by atoms with Gasteiger partial charge in [0, 0.05) is 29.8 Å². The van der Waals surface area contributed by atoms with E-state index in [1.54, 1.807) is 6.20 Å². The summed E-state index contributed by atoms with van der Waals surface area (Å²) in [4.78, 5) is 11.7. The Bertz CT molecular complexity index is 467. The average molecular weight is 295 g/mol. The highest BCUT2D eigenvalue weighted by Crippen LogP contribution is 2.16. The fraction of sp³-hybridized carbons (Fsp3) is 0.333. The standard InChI is InChI=1S/C12H15BrN4/c1-9-10(13)4-5-12(17-9)14-6-2-3-11-15-7-8-16-11/h4-5,7-8H,2-3,6H2,1H3,(H,14,17)(H,15,16). The highest BCUT2D eigenvalue weighted by molar-refractivity contribution is 9.10. The van der Waals surface area contributed by atoms with Crippen molar-refractivity contribution in [2.45, 2.75) is 19.8 Å². The fourth-order valence-electron chi connectivity index (χ4n) is 1.55. The normalized spacial score (nSPS) is 10.5. The van der Waals surface area contributed by atoms with Gasteiger partial charge in [-0.05, 0) is 41.4 Å². The summed E-state index contributed by atoms with van der Waals surface area (Å²) in [5.74, 6) is 1.96. The first-order valence-corrected chi connectivity index (χ1v) is 6.40. The van der Waals surface area contributed by atoms with Gasteiger partial charge in [0.15, 0.2) is 0 Å². The van der Waals surface area contributed by atoms with Gasteiger partial charge in [-0.25, -0.2) is 9.97 Å². The molecule has 2 N–H and O–H groups in total. The third-order valence-electron chi connectivity index (χ3n) is 2.47. The van der Waals surface area contributed by atoms with Crippen molar-refractivity contribution < 1.29 is 0 Å². The van der Waals surface area contributed by atoms with E-state index >= 15 is 0 Å². The maximum absolute atomic E-state index is 4.43. The molecule has 0 aliphatic carbocycles. The summed E-state index contributed by atoms with van der Waals surface area (Å²) in [6.45, 7) is 2.88. The molecule has 0 fully saturated rings. The SMILES string of the molecule is Cc1nc(NCCCc2ncc[nH]2)ccc1Br. The van der Waals surface area contributed by atoms with Gasteiger partial charge in [0.05, 0.1) is 5.69 Å². The smallest absolute Gasteiger partial charge is 0.126 e. The molecule has 0 amide bonds. The number of halogens is 1. The molecule has 2 heterocycles. The molecule has 0 aliphatic heterocycles. The Morgan fingerprint density at radius 1 is 1.41 bits per heavy atom. The van der Waals surface area contributed by atoms with E-state index in [1.807, 2.05) is 25.3 Å². The second-order valence-electron chi connectivity index (χ2n) is 3.83. The predicted molar refractivity (Wildman–Crippen MR) is 72.1 cm³/mol. The number of aromatic amines is 1. The predicted octanol–water partition coefficient (Wildman–Crippen LogP) is 2.92. The summed E-state index contributed by atoms with van der Waals surface area (Å²) >= 11 is 3.43. The van der Waals surface area contributed by atoms with Crippen LogP contribution in [0.4, 0.5) is 5.82 Å². The van der Waals surface area contributed by atoms with E-state index in [0.717, 1.165) is 41.2 Å². The molecule has 0 bridgehead atoms. The number of nitrogens with one attached hydrogen (secondary N) is 2. The quantitative estimate of drug-likeness (QED) is 0.834. The maximum atomic E-state index is 4.43. The second kappa shape index (κ2) is 5.82. The van der Waals surface area contributed by atoms with Crippen molar-refractivity contribution in [2.24, 2.45) is 0 Å². The lowest BCUT2D eigenvalue weighted by Gasteiger charge is -2.06. The van der Waals surface area contributed by atoms with Crippen LogP contribution in [0, 0.1) is 6.92 Å².